The predicted molar refractivity (Wildman–Crippen MR) is 118 cm³/mol. The minimum absolute atomic E-state index is 0.688. The lowest BCUT2D eigenvalue weighted by Gasteiger charge is -2.09. The van der Waals surface area contributed by atoms with Crippen LogP contribution in [0.4, 0.5) is 0 Å². The summed E-state index contributed by atoms with van der Waals surface area (Å²) in [4.78, 5) is 4.88. The van der Waals surface area contributed by atoms with Crippen molar-refractivity contribution in [2.24, 2.45) is 7.05 Å². The summed E-state index contributed by atoms with van der Waals surface area (Å²) in [5, 5.41) is 2.17. The van der Waals surface area contributed by atoms with E-state index >= 15 is 0 Å². The van der Waals surface area contributed by atoms with Gasteiger partial charge in [-0.25, -0.2) is 9.55 Å². The third-order valence-electron chi connectivity index (χ3n) is 5.66. The zero-order chi connectivity index (χ0) is 20.1. The van der Waals surface area contributed by atoms with Gasteiger partial charge < -0.3 is 4.42 Å². The molecule has 3 aromatic heterocycles. The largest absolute Gasteiger partial charge is 0.438 e. The second-order valence-corrected chi connectivity index (χ2v) is 7.83. The number of rotatable bonds is 2. The van der Waals surface area contributed by atoms with Gasteiger partial charge in [-0.2, -0.15) is 0 Å². The van der Waals surface area contributed by atoms with Gasteiger partial charge in [0.2, 0.25) is 11.4 Å². The van der Waals surface area contributed by atoms with Crippen LogP contribution in [-0.2, 0) is 7.05 Å². The van der Waals surface area contributed by atoms with E-state index in [4.69, 9.17) is 9.40 Å². The van der Waals surface area contributed by atoms with Gasteiger partial charge in [0.15, 0.2) is 6.20 Å². The first-order valence-corrected chi connectivity index (χ1v) is 9.88. The van der Waals surface area contributed by atoms with Gasteiger partial charge in [-0.3, -0.25) is 0 Å². The standard InChI is InChI=1S/C26H23N2O/c1-16-9-10-20-21-11-12-23(27-26(21)29-25(20)13-16)22-14-24(28(4)15-18(22)3)19-8-6-5-7-17(19)2/h5-15H,1-4H3/q+1. The molecule has 0 aliphatic rings. The molecule has 5 rings (SSSR count). The molecule has 5 aromatic rings. The van der Waals surface area contributed by atoms with Gasteiger partial charge in [-0.05, 0) is 56.2 Å². The summed E-state index contributed by atoms with van der Waals surface area (Å²) in [7, 11) is 2.09. The molecule has 0 atom stereocenters. The van der Waals surface area contributed by atoms with E-state index in [9.17, 15) is 0 Å². The molecule has 29 heavy (non-hydrogen) atoms. The Kier molecular flexibility index (Phi) is 3.99. The Hall–Kier alpha value is -3.46. The molecule has 0 bridgehead atoms. The van der Waals surface area contributed by atoms with Crippen molar-refractivity contribution < 1.29 is 8.98 Å². The summed E-state index contributed by atoms with van der Waals surface area (Å²) in [6.07, 6.45) is 2.17. The van der Waals surface area contributed by atoms with Crippen LogP contribution >= 0.6 is 0 Å². The van der Waals surface area contributed by atoms with E-state index in [0.717, 1.165) is 27.6 Å². The van der Waals surface area contributed by atoms with Gasteiger partial charge in [0, 0.05) is 33.5 Å². The van der Waals surface area contributed by atoms with Gasteiger partial charge in [0.05, 0.1) is 5.69 Å². The molecule has 142 valence electrons. The highest BCUT2D eigenvalue weighted by molar-refractivity contribution is 6.04. The third kappa shape index (κ3) is 2.90. The van der Waals surface area contributed by atoms with Crippen LogP contribution in [0.15, 0.2) is 71.3 Å². The van der Waals surface area contributed by atoms with Crippen LogP contribution in [0.1, 0.15) is 16.7 Å². The summed E-state index contributed by atoms with van der Waals surface area (Å²) in [6, 6.07) is 21.2. The number of nitrogens with zero attached hydrogens (tertiary/aromatic N) is 2. The molecule has 0 saturated carbocycles. The Balaban J connectivity index is 1.71. The molecule has 0 radical (unpaired) electrons. The first kappa shape index (κ1) is 17.6. The van der Waals surface area contributed by atoms with Gasteiger partial charge in [-0.1, -0.05) is 30.3 Å². The smallest absolute Gasteiger partial charge is 0.227 e. The molecule has 2 aromatic carbocycles. The molecule has 0 aliphatic heterocycles. The summed E-state index contributed by atoms with van der Waals surface area (Å²) >= 11 is 0. The SMILES string of the molecule is Cc1ccc2c(c1)oc1nc(-c3cc(-c4ccccc4C)[n+](C)cc3C)ccc12. The predicted octanol–water partition coefficient (Wildman–Crippen LogP) is 6.06. The summed E-state index contributed by atoms with van der Waals surface area (Å²) in [5.41, 5.74) is 9.67. The number of hydrogen-bond acceptors (Lipinski definition) is 2. The maximum absolute atomic E-state index is 6.08. The molecular formula is C26H23N2O+. The summed E-state index contributed by atoms with van der Waals surface area (Å²) in [5.74, 6) is 0. The fourth-order valence-electron chi connectivity index (χ4n) is 4.10. The quantitative estimate of drug-likeness (QED) is 0.349. The van der Waals surface area contributed by atoms with E-state index in [-0.39, 0.29) is 0 Å². The van der Waals surface area contributed by atoms with Crippen LogP contribution in [0.2, 0.25) is 0 Å². The molecule has 0 saturated heterocycles. The number of hydrogen-bond donors (Lipinski definition) is 0. The van der Waals surface area contributed by atoms with Crippen molar-refractivity contribution in [1.82, 2.24) is 4.98 Å². The second-order valence-electron chi connectivity index (χ2n) is 7.83. The van der Waals surface area contributed by atoms with Gasteiger partial charge in [-0.15, -0.1) is 0 Å². The first-order valence-electron chi connectivity index (χ1n) is 9.88. The Bertz CT molecular complexity index is 1400. The zero-order valence-corrected chi connectivity index (χ0v) is 17.2. The van der Waals surface area contributed by atoms with E-state index < -0.39 is 0 Å². The lowest BCUT2D eigenvalue weighted by Crippen LogP contribution is -2.31. The number of furan rings is 1. The molecule has 3 heteroatoms. The van der Waals surface area contributed by atoms with Gasteiger partial charge in [0.25, 0.3) is 0 Å². The molecule has 0 fully saturated rings. The Morgan fingerprint density at radius 3 is 2.41 bits per heavy atom. The fraction of sp³-hybridized carbons (Fsp3) is 0.154. The number of aromatic nitrogens is 2. The minimum Gasteiger partial charge on any atom is -0.438 e. The van der Waals surface area contributed by atoms with Crippen LogP contribution in [-0.4, -0.2) is 4.98 Å². The Morgan fingerprint density at radius 2 is 1.59 bits per heavy atom. The average molecular weight is 379 g/mol. The maximum Gasteiger partial charge on any atom is 0.227 e. The van der Waals surface area contributed by atoms with Crippen LogP contribution < -0.4 is 4.57 Å². The highest BCUT2D eigenvalue weighted by atomic mass is 16.3. The Morgan fingerprint density at radius 1 is 0.793 bits per heavy atom. The van der Waals surface area contributed by atoms with Crippen molar-refractivity contribution in [2.75, 3.05) is 0 Å². The van der Waals surface area contributed by atoms with E-state index in [2.05, 4.69) is 99.2 Å². The number of fused-ring (bicyclic) bond motifs is 3. The molecule has 3 nitrogen and oxygen atoms in total. The van der Waals surface area contributed by atoms with Crippen molar-refractivity contribution in [3.05, 3.63) is 83.6 Å². The summed E-state index contributed by atoms with van der Waals surface area (Å²) in [6.45, 7) is 6.35. The van der Waals surface area contributed by atoms with E-state index in [1.165, 1.54) is 27.9 Å². The topological polar surface area (TPSA) is 29.9 Å². The molecule has 0 N–H and O–H groups in total. The highest BCUT2D eigenvalue weighted by Gasteiger charge is 2.18. The number of aryl methyl sites for hydroxylation is 4. The van der Waals surface area contributed by atoms with E-state index in [0.29, 0.717) is 5.71 Å². The minimum atomic E-state index is 0.688. The Labute approximate surface area is 170 Å². The van der Waals surface area contributed by atoms with Crippen LogP contribution in [0.5, 0.6) is 0 Å². The maximum atomic E-state index is 6.08. The van der Waals surface area contributed by atoms with Crippen LogP contribution in [0.3, 0.4) is 0 Å². The van der Waals surface area contributed by atoms with Crippen molar-refractivity contribution in [1.29, 1.82) is 0 Å². The number of benzene rings is 2. The fourth-order valence-corrected chi connectivity index (χ4v) is 4.10. The third-order valence-corrected chi connectivity index (χ3v) is 5.66. The lowest BCUT2D eigenvalue weighted by atomic mass is 9.99. The zero-order valence-electron chi connectivity index (χ0n) is 17.2. The second kappa shape index (κ2) is 6.56. The molecule has 0 aliphatic carbocycles. The molecule has 0 spiro atoms. The highest BCUT2D eigenvalue weighted by Crippen LogP contribution is 2.32. The van der Waals surface area contributed by atoms with Crippen molar-refractivity contribution >= 4 is 22.1 Å². The van der Waals surface area contributed by atoms with E-state index in [1.54, 1.807) is 0 Å². The normalized spacial score (nSPS) is 11.4. The molecule has 3 heterocycles. The van der Waals surface area contributed by atoms with Crippen molar-refractivity contribution in [3.63, 3.8) is 0 Å². The van der Waals surface area contributed by atoms with Crippen LogP contribution in [0, 0.1) is 20.8 Å². The van der Waals surface area contributed by atoms with Gasteiger partial charge in [0.1, 0.15) is 12.6 Å². The van der Waals surface area contributed by atoms with E-state index in [1.807, 2.05) is 0 Å². The van der Waals surface area contributed by atoms with Crippen molar-refractivity contribution in [3.8, 4) is 22.5 Å². The number of pyridine rings is 2. The lowest BCUT2D eigenvalue weighted by molar-refractivity contribution is -0.660. The van der Waals surface area contributed by atoms with Gasteiger partial charge >= 0.3 is 0 Å². The van der Waals surface area contributed by atoms with Crippen LogP contribution in [0.25, 0.3) is 44.6 Å². The monoisotopic (exact) mass is 379 g/mol. The molecular weight excluding hydrogens is 356 g/mol. The summed E-state index contributed by atoms with van der Waals surface area (Å²) < 4.78 is 8.26. The molecule has 0 amide bonds. The first-order chi connectivity index (χ1) is 14.0. The van der Waals surface area contributed by atoms with Crippen molar-refractivity contribution in [2.45, 2.75) is 20.8 Å². The molecule has 0 unspecified atom stereocenters. The average Bonchev–Trinajstić information content (AvgIpc) is 3.05.